The molecule has 8 nitrogen and oxygen atoms in total. The average molecular weight is 515 g/mol. The van der Waals surface area contributed by atoms with E-state index in [0.29, 0.717) is 15.7 Å². The highest BCUT2D eigenvalue weighted by molar-refractivity contribution is 7.20. The second-order valence-electron chi connectivity index (χ2n) is 9.11. The van der Waals surface area contributed by atoms with Crippen molar-refractivity contribution in [3.63, 3.8) is 0 Å². The maximum atomic E-state index is 12.9. The molecule has 1 fully saturated rings. The summed E-state index contributed by atoms with van der Waals surface area (Å²) in [7, 11) is 0. The van der Waals surface area contributed by atoms with Crippen LogP contribution in [0.1, 0.15) is 40.1 Å². The number of benzene rings is 3. The second kappa shape index (κ2) is 11.4. The van der Waals surface area contributed by atoms with Crippen LogP contribution in [0.5, 0.6) is 0 Å². The summed E-state index contributed by atoms with van der Waals surface area (Å²) < 4.78 is 0. The van der Waals surface area contributed by atoms with E-state index in [1.807, 2.05) is 54.6 Å². The molecule has 3 aromatic carbocycles. The van der Waals surface area contributed by atoms with Gasteiger partial charge in [-0.1, -0.05) is 48.1 Å². The zero-order valence-electron chi connectivity index (χ0n) is 20.5. The SMILES string of the molecule is NC(=O)c1nc(Nc2ccc3ccccc3c2)sc1NC(=O)c1ccc(NCCN2CCCCC2)cc1. The summed E-state index contributed by atoms with van der Waals surface area (Å²) in [6.45, 7) is 4.22. The van der Waals surface area contributed by atoms with Crippen molar-refractivity contribution in [3.05, 3.63) is 78.0 Å². The molecule has 190 valence electrons. The lowest BCUT2D eigenvalue weighted by Crippen LogP contribution is -2.33. The number of likely N-dealkylation sites (tertiary alicyclic amines) is 1. The molecule has 1 saturated heterocycles. The van der Waals surface area contributed by atoms with Gasteiger partial charge in [0.1, 0.15) is 5.00 Å². The van der Waals surface area contributed by atoms with Gasteiger partial charge in [-0.2, -0.15) is 0 Å². The smallest absolute Gasteiger partial charge is 0.270 e. The molecule has 0 spiro atoms. The molecule has 9 heteroatoms. The van der Waals surface area contributed by atoms with Crippen molar-refractivity contribution < 1.29 is 9.59 Å². The third kappa shape index (κ3) is 6.25. The number of rotatable bonds is 9. The molecule has 1 aliphatic heterocycles. The summed E-state index contributed by atoms with van der Waals surface area (Å²) in [4.78, 5) is 31.7. The van der Waals surface area contributed by atoms with E-state index in [2.05, 4.69) is 25.8 Å². The second-order valence-corrected chi connectivity index (χ2v) is 10.1. The van der Waals surface area contributed by atoms with Gasteiger partial charge in [0, 0.05) is 30.0 Å². The van der Waals surface area contributed by atoms with Crippen LogP contribution in [-0.2, 0) is 0 Å². The van der Waals surface area contributed by atoms with Crippen LogP contribution in [0.4, 0.5) is 21.5 Å². The molecule has 4 aromatic rings. The Morgan fingerprint density at radius 1 is 0.919 bits per heavy atom. The molecule has 0 aliphatic carbocycles. The minimum Gasteiger partial charge on any atom is -0.384 e. The van der Waals surface area contributed by atoms with Crippen LogP contribution in [0.15, 0.2) is 66.7 Å². The lowest BCUT2D eigenvalue weighted by atomic mass is 10.1. The molecule has 0 saturated carbocycles. The molecule has 1 aromatic heterocycles. The zero-order valence-corrected chi connectivity index (χ0v) is 21.3. The lowest BCUT2D eigenvalue weighted by Gasteiger charge is -2.26. The minimum absolute atomic E-state index is 0.0256. The molecular formula is C28H30N6O2S. The van der Waals surface area contributed by atoms with E-state index >= 15 is 0 Å². The molecule has 2 amide bonds. The molecule has 0 unspecified atom stereocenters. The van der Waals surface area contributed by atoms with Crippen LogP contribution >= 0.6 is 11.3 Å². The van der Waals surface area contributed by atoms with Crippen LogP contribution in [-0.4, -0.2) is 47.9 Å². The third-order valence-corrected chi connectivity index (χ3v) is 7.33. The Hall–Kier alpha value is -3.95. The van der Waals surface area contributed by atoms with Gasteiger partial charge in [0.25, 0.3) is 11.8 Å². The maximum Gasteiger partial charge on any atom is 0.270 e. The summed E-state index contributed by atoms with van der Waals surface area (Å²) in [6, 6.07) is 21.3. The largest absolute Gasteiger partial charge is 0.384 e. The Morgan fingerprint density at radius 3 is 2.41 bits per heavy atom. The number of nitrogens with zero attached hydrogens (tertiary/aromatic N) is 2. The monoisotopic (exact) mass is 514 g/mol. The predicted molar refractivity (Wildman–Crippen MR) is 151 cm³/mol. The van der Waals surface area contributed by atoms with Gasteiger partial charge in [-0.15, -0.1) is 0 Å². The minimum atomic E-state index is -0.702. The number of primary amides is 1. The summed E-state index contributed by atoms with van der Waals surface area (Å²) >= 11 is 1.17. The number of carbonyl (C=O) groups excluding carboxylic acids is 2. The Balaban J connectivity index is 1.22. The Bertz CT molecular complexity index is 1400. The number of hydrogen-bond acceptors (Lipinski definition) is 7. The van der Waals surface area contributed by atoms with E-state index in [1.165, 1.54) is 43.7 Å². The first-order valence-electron chi connectivity index (χ1n) is 12.5. The summed E-state index contributed by atoms with van der Waals surface area (Å²) in [5.74, 6) is -1.03. The van der Waals surface area contributed by atoms with E-state index in [0.717, 1.165) is 35.2 Å². The highest BCUT2D eigenvalue weighted by Gasteiger charge is 2.19. The van der Waals surface area contributed by atoms with Crippen molar-refractivity contribution in [2.24, 2.45) is 5.73 Å². The molecule has 0 atom stereocenters. The van der Waals surface area contributed by atoms with E-state index in [1.54, 1.807) is 12.1 Å². The molecular weight excluding hydrogens is 484 g/mol. The van der Waals surface area contributed by atoms with Crippen molar-refractivity contribution in [2.75, 3.05) is 42.1 Å². The summed E-state index contributed by atoms with van der Waals surface area (Å²) in [6.07, 6.45) is 3.89. The topological polar surface area (TPSA) is 112 Å². The van der Waals surface area contributed by atoms with Gasteiger partial charge >= 0.3 is 0 Å². The Labute approximate surface area is 219 Å². The van der Waals surface area contributed by atoms with Gasteiger partial charge in [0.15, 0.2) is 10.8 Å². The first-order valence-corrected chi connectivity index (χ1v) is 13.3. The number of fused-ring (bicyclic) bond motifs is 1. The highest BCUT2D eigenvalue weighted by Crippen LogP contribution is 2.32. The zero-order chi connectivity index (χ0) is 25.6. The van der Waals surface area contributed by atoms with Gasteiger partial charge in [-0.25, -0.2) is 4.98 Å². The van der Waals surface area contributed by atoms with Crippen molar-refractivity contribution in [3.8, 4) is 0 Å². The van der Waals surface area contributed by atoms with Gasteiger partial charge in [0.05, 0.1) is 0 Å². The van der Waals surface area contributed by atoms with Crippen molar-refractivity contribution in [1.82, 2.24) is 9.88 Å². The van der Waals surface area contributed by atoms with Crippen LogP contribution < -0.4 is 21.7 Å². The standard InChI is InChI=1S/C28H30N6O2S/c29-25(35)24-27(37-28(32-24)31-23-13-8-19-6-2-3-7-21(19)18-23)33-26(36)20-9-11-22(12-10-20)30-14-17-34-15-4-1-5-16-34/h2-3,6-13,18,30H,1,4-5,14-17H2,(H2,29,35)(H,31,32)(H,33,36). The van der Waals surface area contributed by atoms with E-state index in [-0.39, 0.29) is 11.6 Å². The molecule has 2 heterocycles. The van der Waals surface area contributed by atoms with E-state index in [4.69, 9.17) is 5.73 Å². The summed E-state index contributed by atoms with van der Waals surface area (Å²) in [5, 5.41) is 12.4. The number of aromatic nitrogens is 1. The number of piperidine rings is 1. The fraction of sp³-hybridized carbons (Fsp3) is 0.250. The first kappa shape index (κ1) is 24.7. The molecule has 1 aliphatic rings. The quantitative estimate of drug-likeness (QED) is 0.241. The van der Waals surface area contributed by atoms with Gasteiger partial charge in [-0.05, 0) is 73.1 Å². The normalized spacial score (nSPS) is 13.8. The molecule has 37 heavy (non-hydrogen) atoms. The van der Waals surface area contributed by atoms with Gasteiger partial charge in [-0.3, -0.25) is 9.59 Å². The summed E-state index contributed by atoms with van der Waals surface area (Å²) in [5.41, 5.74) is 7.84. The van der Waals surface area contributed by atoms with Crippen molar-refractivity contribution in [2.45, 2.75) is 19.3 Å². The number of thiazole rings is 1. The Morgan fingerprint density at radius 2 is 1.65 bits per heavy atom. The van der Waals surface area contributed by atoms with Crippen LogP contribution in [0.3, 0.4) is 0 Å². The van der Waals surface area contributed by atoms with Gasteiger partial charge in [0.2, 0.25) is 0 Å². The Kier molecular flexibility index (Phi) is 7.62. The van der Waals surface area contributed by atoms with Crippen LogP contribution in [0, 0.1) is 0 Å². The number of hydrogen-bond donors (Lipinski definition) is 4. The number of nitrogens with one attached hydrogen (secondary N) is 3. The molecule has 0 bridgehead atoms. The van der Waals surface area contributed by atoms with Crippen molar-refractivity contribution in [1.29, 1.82) is 0 Å². The number of carbonyl (C=O) groups is 2. The van der Waals surface area contributed by atoms with Crippen LogP contribution in [0.2, 0.25) is 0 Å². The third-order valence-electron chi connectivity index (χ3n) is 6.44. The number of nitrogens with two attached hydrogens (primary N) is 1. The van der Waals surface area contributed by atoms with Crippen molar-refractivity contribution >= 4 is 55.4 Å². The maximum absolute atomic E-state index is 12.9. The highest BCUT2D eigenvalue weighted by atomic mass is 32.1. The fourth-order valence-corrected chi connectivity index (χ4v) is 5.36. The first-order chi connectivity index (χ1) is 18.0. The van der Waals surface area contributed by atoms with E-state index < -0.39 is 5.91 Å². The van der Waals surface area contributed by atoms with E-state index in [9.17, 15) is 9.59 Å². The van der Waals surface area contributed by atoms with Gasteiger partial charge < -0.3 is 26.6 Å². The van der Waals surface area contributed by atoms with Crippen LogP contribution in [0.25, 0.3) is 10.8 Å². The number of anilines is 4. The molecule has 5 N–H and O–H groups in total. The number of amides is 2. The fourth-order valence-electron chi connectivity index (χ4n) is 4.47. The lowest BCUT2D eigenvalue weighted by molar-refractivity contribution is 0.0997. The average Bonchev–Trinajstić information content (AvgIpc) is 3.32. The predicted octanol–water partition coefficient (Wildman–Crippen LogP) is 5.29. The molecule has 0 radical (unpaired) electrons. The molecule has 5 rings (SSSR count).